The van der Waals surface area contributed by atoms with E-state index in [0.717, 1.165) is 24.0 Å². The molecule has 3 rings (SSSR count). The minimum atomic E-state index is -0.787. The summed E-state index contributed by atoms with van der Waals surface area (Å²) < 4.78 is 14.6. The number of carbonyl (C=O) groups excluding carboxylic acids is 2. The third-order valence-electron chi connectivity index (χ3n) is 5.64. The van der Waals surface area contributed by atoms with Crippen molar-refractivity contribution in [2.45, 2.75) is 45.2 Å². The summed E-state index contributed by atoms with van der Waals surface area (Å²) in [5.41, 5.74) is 2.02. The third-order valence-corrected chi connectivity index (χ3v) is 5.88. The van der Waals surface area contributed by atoms with Crippen LogP contribution in [0.5, 0.6) is 0 Å². The summed E-state index contributed by atoms with van der Waals surface area (Å²) in [6.07, 6.45) is 2.17. The SMILES string of the molecule is CCCCNC(=O)[C@H](Cc1ccccc1)N(Cc1ccccc1F)C(=O)Cc1cccc(Cl)c1. The summed E-state index contributed by atoms with van der Waals surface area (Å²) in [5.74, 6) is -0.918. The molecular formula is C28H30ClFN2O2. The molecule has 1 N–H and O–H groups in total. The van der Waals surface area contributed by atoms with Crippen molar-refractivity contribution in [2.75, 3.05) is 6.54 Å². The molecule has 0 radical (unpaired) electrons. The maximum atomic E-state index is 14.6. The van der Waals surface area contributed by atoms with E-state index in [9.17, 15) is 14.0 Å². The van der Waals surface area contributed by atoms with Crippen LogP contribution in [0.4, 0.5) is 4.39 Å². The van der Waals surface area contributed by atoms with Crippen molar-refractivity contribution in [1.29, 1.82) is 0 Å². The average molecular weight is 481 g/mol. The van der Waals surface area contributed by atoms with Crippen molar-refractivity contribution < 1.29 is 14.0 Å². The molecule has 4 nitrogen and oxygen atoms in total. The molecular weight excluding hydrogens is 451 g/mol. The van der Waals surface area contributed by atoms with Gasteiger partial charge in [0, 0.05) is 30.1 Å². The van der Waals surface area contributed by atoms with Crippen LogP contribution in [0.15, 0.2) is 78.9 Å². The van der Waals surface area contributed by atoms with Crippen LogP contribution in [-0.2, 0) is 29.0 Å². The molecule has 0 spiro atoms. The summed E-state index contributed by atoms with van der Waals surface area (Å²) in [5, 5.41) is 3.50. The average Bonchev–Trinajstić information content (AvgIpc) is 2.83. The fraction of sp³-hybridized carbons (Fsp3) is 0.286. The summed E-state index contributed by atoms with van der Waals surface area (Å²) in [6, 6.07) is 22.2. The molecule has 0 fully saturated rings. The lowest BCUT2D eigenvalue weighted by Gasteiger charge is -2.32. The second kappa shape index (κ2) is 12.9. The molecule has 6 heteroatoms. The number of amides is 2. The van der Waals surface area contributed by atoms with Crippen molar-refractivity contribution >= 4 is 23.4 Å². The number of nitrogens with zero attached hydrogens (tertiary/aromatic N) is 1. The van der Waals surface area contributed by atoms with Gasteiger partial charge in [-0.1, -0.05) is 85.6 Å². The van der Waals surface area contributed by atoms with E-state index in [1.165, 1.54) is 11.0 Å². The highest BCUT2D eigenvalue weighted by molar-refractivity contribution is 6.30. The highest BCUT2D eigenvalue weighted by atomic mass is 35.5. The quantitative estimate of drug-likeness (QED) is 0.364. The number of nitrogens with one attached hydrogen (secondary N) is 1. The standard InChI is InChI=1S/C28H30ClFN2O2/c1-2-3-16-31-28(34)26(18-21-10-5-4-6-11-21)32(20-23-13-7-8-15-25(23)30)27(33)19-22-12-9-14-24(29)17-22/h4-15,17,26H,2-3,16,18-20H2,1H3,(H,31,34)/t26-/m0/s1. The van der Waals surface area contributed by atoms with Gasteiger partial charge in [-0.25, -0.2) is 4.39 Å². The molecule has 178 valence electrons. The van der Waals surface area contributed by atoms with Gasteiger partial charge in [0.15, 0.2) is 0 Å². The Morgan fingerprint density at radius 2 is 1.68 bits per heavy atom. The van der Waals surface area contributed by atoms with Gasteiger partial charge in [-0.15, -0.1) is 0 Å². The fourth-order valence-electron chi connectivity index (χ4n) is 3.79. The Bertz CT molecular complexity index is 1090. The molecule has 0 aromatic heterocycles. The Morgan fingerprint density at radius 3 is 2.38 bits per heavy atom. The largest absolute Gasteiger partial charge is 0.354 e. The number of carbonyl (C=O) groups is 2. The van der Waals surface area contributed by atoms with E-state index in [1.54, 1.807) is 36.4 Å². The van der Waals surface area contributed by atoms with Crippen LogP contribution in [0.2, 0.25) is 5.02 Å². The van der Waals surface area contributed by atoms with Gasteiger partial charge in [0.1, 0.15) is 11.9 Å². The van der Waals surface area contributed by atoms with Gasteiger partial charge < -0.3 is 10.2 Å². The van der Waals surface area contributed by atoms with Gasteiger partial charge in [0.05, 0.1) is 6.42 Å². The monoisotopic (exact) mass is 480 g/mol. The van der Waals surface area contributed by atoms with Crippen LogP contribution < -0.4 is 5.32 Å². The first kappa shape index (κ1) is 25.4. The second-order valence-corrected chi connectivity index (χ2v) is 8.71. The van der Waals surface area contributed by atoms with Gasteiger partial charge in [0.2, 0.25) is 11.8 Å². The summed E-state index contributed by atoms with van der Waals surface area (Å²) in [4.78, 5) is 28.4. The molecule has 0 saturated carbocycles. The lowest BCUT2D eigenvalue weighted by Crippen LogP contribution is -2.51. The minimum absolute atomic E-state index is 0.00916. The van der Waals surface area contributed by atoms with E-state index in [0.29, 0.717) is 23.6 Å². The molecule has 1 atom stereocenters. The Kier molecular flexibility index (Phi) is 9.65. The number of hydrogen-bond acceptors (Lipinski definition) is 2. The molecule has 2 amide bonds. The maximum Gasteiger partial charge on any atom is 0.243 e. The van der Waals surface area contributed by atoms with Crippen LogP contribution in [0.25, 0.3) is 0 Å². The van der Waals surface area contributed by atoms with Gasteiger partial charge in [-0.2, -0.15) is 0 Å². The first-order chi connectivity index (χ1) is 16.5. The molecule has 0 saturated heterocycles. The lowest BCUT2D eigenvalue weighted by atomic mass is 10.0. The zero-order chi connectivity index (χ0) is 24.3. The topological polar surface area (TPSA) is 49.4 Å². The molecule has 0 bridgehead atoms. The molecule has 0 aliphatic carbocycles. The van der Waals surface area contributed by atoms with Crippen LogP contribution >= 0.6 is 11.6 Å². The van der Waals surface area contributed by atoms with Crippen molar-refractivity contribution in [3.05, 3.63) is 106 Å². The number of hydrogen-bond donors (Lipinski definition) is 1. The number of benzene rings is 3. The Hall–Kier alpha value is -3.18. The molecule has 3 aromatic rings. The summed E-state index contributed by atoms with van der Waals surface area (Å²) in [7, 11) is 0. The summed E-state index contributed by atoms with van der Waals surface area (Å²) in [6.45, 7) is 2.56. The Labute approximate surface area is 205 Å². The molecule has 0 unspecified atom stereocenters. The van der Waals surface area contributed by atoms with Crippen molar-refractivity contribution in [3.8, 4) is 0 Å². The van der Waals surface area contributed by atoms with Gasteiger partial charge in [0.25, 0.3) is 0 Å². The normalized spacial score (nSPS) is 11.6. The first-order valence-corrected chi connectivity index (χ1v) is 11.9. The molecule has 0 heterocycles. The predicted molar refractivity (Wildman–Crippen MR) is 134 cm³/mol. The summed E-state index contributed by atoms with van der Waals surface area (Å²) >= 11 is 6.11. The molecule has 0 aliphatic heterocycles. The van der Waals surface area contributed by atoms with E-state index in [1.807, 2.05) is 43.3 Å². The van der Waals surface area contributed by atoms with Crippen molar-refractivity contribution in [1.82, 2.24) is 10.2 Å². The van der Waals surface area contributed by atoms with E-state index in [2.05, 4.69) is 5.32 Å². The van der Waals surface area contributed by atoms with Crippen molar-refractivity contribution in [3.63, 3.8) is 0 Å². The number of unbranched alkanes of at least 4 members (excludes halogenated alkanes) is 1. The highest BCUT2D eigenvalue weighted by Gasteiger charge is 2.30. The number of rotatable bonds is 11. The second-order valence-electron chi connectivity index (χ2n) is 8.27. The van der Waals surface area contributed by atoms with Crippen LogP contribution in [0, 0.1) is 5.82 Å². The van der Waals surface area contributed by atoms with Gasteiger partial charge in [-0.3, -0.25) is 9.59 Å². The van der Waals surface area contributed by atoms with Gasteiger partial charge in [-0.05, 0) is 35.7 Å². The zero-order valence-corrected chi connectivity index (χ0v) is 20.1. The van der Waals surface area contributed by atoms with E-state index >= 15 is 0 Å². The minimum Gasteiger partial charge on any atom is -0.354 e. The molecule has 3 aromatic carbocycles. The number of halogens is 2. The van der Waals surface area contributed by atoms with Gasteiger partial charge >= 0.3 is 0 Å². The van der Waals surface area contributed by atoms with E-state index in [-0.39, 0.29) is 24.8 Å². The predicted octanol–water partition coefficient (Wildman–Crippen LogP) is 5.58. The zero-order valence-electron chi connectivity index (χ0n) is 19.3. The lowest BCUT2D eigenvalue weighted by molar-refractivity contribution is -0.140. The van der Waals surface area contributed by atoms with E-state index < -0.39 is 11.9 Å². The molecule has 34 heavy (non-hydrogen) atoms. The smallest absolute Gasteiger partial charge is 0.243 e. The third kappa shape index (κ3) is 7.42. The molecule has 0 aliphatic rings. The van der Waals surface area contributed by atoms with Crippen LogP contribution in [0.3, 0.4) is 0 Å². The fourth-order valence-corrected chi connectivity index (χ4v) is 4.01. The maximum absolute atomic E-state index is 14.6. The Balaban J connectivity index is 1.95. The van der Waals surface area contributed by atoms with Crippen LogP contribution in [-0.4, -0.2) is 29.3 Å². The highest BCUT2D eigenvalue weighted by Crippen LogP contribution is 2.19. The Morgan fingerprint density at radius 1 is 0.971 bits per heavy atom. The van der Waals surface area contributed by atoms with E-state index in [4.69, 9.17) is 11.6 Å². The van der Waals surface area contributed by atoms with Crippen LogP contribution in [0.1, 0.15) is 36.5 Å². The van der Waals surface area contributed by atoms with Crippen molar-refractivity contribution in [2.24, 2.45) is 0 Å². The first-order valence-electron chi connectivity index (χ1n) is 11.6.